The van der Waals surface area contributed by atoms with Crippen LogP contribution in [0.15, 0.2) is 12.4 Å². The molecule has 0 spiro atoms. The zero-order chi connectivity index (χ0) is 17.3. The summed E-state index contributed by atoms with van der Waals surface area (Å²) in [6.45, 7) is 8.00. The quantitative estimate of drug-likeness (QED) is 0.898. The van der Waals surface area contributed by atoms with Crippen molar-refractivity contribution in [1.82, 2.24) is 24.9 Å². The van der Waals surface area contributed by atoms with Crippen LogP contribution in [0.2, 0.25) is 0 Å². The molecular weight excluding hydrogens is 308 g/mol. The lowest BCUT2D eigenvalue weighted by molar-refractivity contribution is 0.0635. The number of hydrogen-bond donors (Lipinski definition) is 2. The molecule has 8 heteroatoms. The molecule has 0 saturated heterocycles. The van der Waals surface area contributed by atoms with Crippen LogP contribution >= 0.6 is 0 Å². The van der Waals surface area contributed by atoms with Gasteiger partial charge in [0.05, 0.1) is 6.20 Å². The monoisotopic (exact) mass is 332 g/mol. The Labute approximate surface area is 141 Å². The molecule has 0 radical (unpaired) electrons. The fourth-order valence-corrected chi connectivity index (χ4v) is 2.82. The van der Waals surface area contributed by atoms with Crippen molar-refractivity contribution in [2.24, 2.45) is 7.05 Å². The maximum absolute atomic E-state index is 12.0. The molecule has 1 aliphatic heterocycles. The average Bonchev–Trinajstić information content (AvgIpc) is 3.03. The van der Waals surface area contributed by atoms with Gasteiger partial charge in [0.15, 0.2) is 5.82 Å². The zero-order valence-electron chi connectivity index (χ0n) is 14.6. The molecule has 3 heterocycles. The van der Waals surface area contributed by atoms with Gasteiger partial charge in [0.1, 0.15) is 5.60 Å². The van der Waals surface area contributed by atoms with Crippen molar-refractivity contribution in [2.75, 3.05) is 11.9 Å². The number of carbonyl (C=O) groups excluding carboxylic acids is 1. The van der Waals surface area contributed by atoms with Crippen molar-refractivity contribution < 1.29 is 9.53 Å². The predicted molar refractivity (Wildman–Crippen MR) is 89.5 cm³/mol. The number of anilines is 1. The first-order valence-electron chi connectivity index (χ1n) is 8.06. The summed E-state index contributed by atoms with van der Waals surface area (Å²) in [6.07, 6.45) is 4.27. The summed E-state index contributed by atoms with van der Waals surface area (Å²) in [4.78, 5) is 14.3. The number of aromatic amines is 1. The van der Waals surface area contributed by atoms with Gasteiger partial charge >= 0.3 is 6.09 Å². The highest BCUT2D eigenvalue weighted by Gasteiger charge is 2.22. The Morgan fingerprint density at radius 2 is 2.25 bits per heavy atom. The number of H-pyrrole nitrogens is 1. The Hall–Kier alpha value is -2.35. The lowest BCUT2D eigenvalue weighted by atomic mass is 10.1. The second-order valence-electron chi connectivity index (χ2n) is 7.14. The van der Waals surface area contributed by atoms with Crippen LogP contribution in [0.25, 0.3) is 0 Å². The Morgan fingerprint density at radius 1 is 1.46 bits per heavy atom. The molecule has 130 valence electrons. The topological polar surface area (TPSA) is 88.1 Å². The Kier molecular flexibility index (Phi) is 4.31. The zero-order valence-corrected chi connectivity index (χ0v) is 14.6. The van der Waals surface area contributed by atoms with Crippen molar-refractivity contribution in [3.8, 4) is 0 Å². The molecule has 3 rings (SSSR count). The van der Waals surface area contributed by atoms with E-state index in [9.17, 15) is 4.79 Å². The van der Waals surface area contributed by atoms with Crippen LogP contribution in [0, 0.1) is 0 Å². The van der Waals surface area contributed by atoms with Crippen molar-refractivity contribution >= 4 is 11.9 Å². The smallest absolute Gasteiger partial charge is 0.413 e. The van der Waals surface area contributed by atoms with E-state index in [1.165, 1.54) is 11.3 Å². The molecule has 1 amide bonds. The molecule has 8 nitrogen and oxygen atoms in total. The van der Waals surface area contributed by atoms with Gasteiger partial charge in [0.2, 0.25) is 0 Å². The predicted octanol–water partition coefficient (Wildman–Crippen LogP) is 2.05. The highest BCUT2D eigenvalue weighted by atomic mass is 16.6. The first-order valence-corrected chi connectivity index (χ1v) is 8.06. The van der Waals surface area contributed by atoms with E-state index < -0.39 is 11.7 Å². The fraction of sp³-hybridized carbons (Fsp3) is 0.562. The Bertz CT molecular complexity index is 727. The summed E-state index contributed by atoms with van der Waals surface area (Å²) in [7, 11) is 1.84. The number of aryl methyl sites for hydroxylation is 1. The van der Waals surface area contributed by atoms with Crippen molar-refractivity contribution in [2.45, 2.75) is 45.9 Å². The van der Waals surface area contributed by atoms with Crippen LogP contribution < -0.4 is 5.32 Å². The largest absolute Gasteiger partial charge is 0.444 e. The third-order valence-electron chi connectivity index (χ3n) is 3.80. The number of fused-ring (bicyclic) bond motifs is 1. The highest BCUT2D eigenvalue weighted by Crippen LogP contribution is 2.22. The summed E-state index contributed by atoms with van der Waals surface area (Å²) in [5.41, 5.74) is 2.87. The minimum atomic E-state index is -0.538. The van der Waals surface area contributed by atoms with E-state index in [2.05, 4.69) is 25.5 Å². The first kappa shape index (κ1) is 16.5. The number of aromatic nitrogens is 4. The number of rotatable bonds is 3. The molecule has 0 bridgehead atoms. The summed E-state index contributed by atoms with van der Waals surface area (Å²) in [5.74, 6) is 0.546. The van der Waals surface area contributed by atoms with E-state index in [-0.39, 0.29) is 0 Å². The molecule has 0 fully saturated rings. The molecule has 1 aliphatic rings. The lowest BCUT2D eigenvalue weighted by Crippen LogP contribution is -2.30. The summed E-state index contributed by atoms with van der Waals surface area (Å²) < 4.78 is 7.01. The standard InChI is InChI=1S/C16H24N6O2/c1-16(2,3)24-15(23)18-14-12(8-21(4)20-14)10-22-6-5-13-11(9-22)7-17-19-13/h7-8H,5-6,9-10H2,1-4H3,(H,17,19)(H,18,20,23). The lowest BCUT2D eigenvalue weighted by Gasteiger charge is -2.26. The van der Waals surface area contributed by atoms with Gasteiger partial charge in [-0.05, 0) is 20.8 Å². The number of carbonyl (C=O) groups is 1. The van der Waals surface area contributed by atoms with Gasteiger partial charge in [-0.1, -0.05) is 0 Å². The molecule has 24 heavy (non-hydrogen) atoms. The Morgan fingerprint density at radius 3 is 3.00 bits per heavy atom. The number of amides is 1. The number of nitrogens with one attached hydrogen (secondary N) is 2. The van der Waals surface area contributed by atoms with Gasteiger partial charge < -0.3 is 4.74 Å². The van der Waals surface area contributed by atoms with E-state index in [0.717, 1.165) is 25.1 Å². The minimum absolute atomic E-state index is 0.488. The van der Waals surface area contributed by atoms with E-state index in [0.29, 0.717) is 12.4 Å². The maximum Gasteiger partial charge on any atom is 0.413 e. The SMILES string of the molecule is Cn1cc(CN2CCc3[nH]ncc3C2)c(NC(=O)OC(C)(C)C)n1. The molecule has 0 aromatic carbocycles. The second kappa shape index (κ2) is 6.27. The van der Waals surface area contributed by atoms with Gasteiger partial charge in [0.25, 0.3) is 0 Å². The van der Waals surface area contributed by atoms with Crippen LogP contribution in [0.3, 0.4) is 0 Å². The molecule has 2 aromatic rings. The summed E-state index contributed by atoms with van der Waals surface area (Å²) >= 11 is 0. The molecule has 0 atom stereocenters. The van der Waals surface area contributed by atoms with Crippen LogP contribution in [0.5, 0.6) is 0 Å². The number of ether oxygens (including phenoxy) is 1. The van der Waals surface area contributed by atoms with E-state index in [1.807, 2.05) is 40.2 Å². The van der Waals surface area contributed by atoms with Gasteiger partial charge in [-0.25, -0.2) is 4.79 Å². The molecule has 0 saturated carbocycles. The van der Waals surface area contributed by atoms with Crippen molar-refractivity contribution in [3.05, 3.63) is 29.2 Å². The van der Waals surface area contributed by atoms with Crippen LogP contribution in [-0.4, -0.2) is 43.1 Å². The molecular formula is C16H24N6O2. The second-order valence-corrected chi connectivity index (χ2v) is 7.14. The summed E-state index contributed by atoms with van der Waals surface area (Å²) in [5, 5.41) is 14.2. The molecule has 2 N–H and O–H groups in total. The van der Waals surface area contributed by atoms with Crippen LogP contribution in [-0.2, 0) is 31.3 Å². The highest BCUT2D eigenvalue weighted by molar-refractivity contribution is 5.84. The minimum Gasteiger partial charge on any atom is -0.444 e. The van der Waals surface area contributed by atoms with Gasteiger partial charge in [-0.2, -0.15) is 10.2 Å². The molecule has 0 unspecified atom stereocenters. The molecule has 2 aromatic heterocycles. The first-order chi connectivity index (χ1) is 11.3. The van der Waals surface area contributed by atoms with Crippen LogP contribution in [0.1, 0.15) is 37.6 Å². The maximum atomic E-state index is 12.0. The third-order valence-corrected chi connectivity index (χ3v) is 3.80. The van der Waals surface area contributed by atoms with Crippen molar-refractivity contribution in [1.29, 1.82) is 0 Å². The average molecular weight is 332 g/mol. The van der Waals surface area contributed by atoms with Gasteiger partial charge in [-0.15, -0.1) is 0 Å². The molecule has 0 aliphatic carbocycles. The van der Waals surface area contributed by atoms with Crippen LogP contribution in [0.4, 0.5) is 10.6 Å². The van der Waals surface area contributed by atoms with E-state index in [1.54, 1.807) is 4.68 Å². The Balaban J connectivity index is 1.67. The van der Waals surface area contributed by atoms with E-state index in [4.69, 9.17) is 4.74 Å². The van der Waals surface area contributed by atoms with Crippen molar-refractivity contribution in [3.63, 3.8) is 0 Å². The normalized spacial score (nSPS) is 15.2. The van der Waals surface area contributed by atoms with E-state index >= 15 is 0 Å². The number of hydrogen-bond acceptors (Lipinski definition) is 5. The third kappa shape index (κ3) is 3.94. The van der Waals surface area contributed by atoms with Gasteiger partial charge in [0, 0.05) is 56.1 Å². The summed E-state index contributed by atoms with van der Waals surface area (Å²) in [6, 6.07) is 0. The van der Waals surface area contributed by atoms with Gasteiger partial charge in [-0.3, -0.25) is 20.0 Å². The number of nitrogens with zero attached hydrogens (tertiary/aromatic N) is 4. The fourth-order valence-electron chi connectivity index (χ4n) is 2.82.